The Bertz CT molecular complexity index is 430. The van der Waals surface area contributed by atoms with Crippen LogP contribution in [0.3, 0.4) is 0 Å². The quantitative estimate of drug-likeness (QED) is 0.517. The number of rotatable bonds is 8. The topological polar surface area (TPSA) is 104 Å². The smallest absolute Gasteiger partial charge is 0.373 e. The summed E-state index contributed by atoms with van der Waals surface area (Å²) in [5.41, 5.74) is 4.93. The van der Waals surface area contributed by atoms with Crippen molar-refractivity contribution in [2.75, 3.05) is 26.9 Å². The molecule has 1 atom stereocenters. The largest absolute Gasteiger partial charge is 0.463 e. The molecule has 7 nitrogen and oxygen atoms in total. The fourth-order valence-corrected chi connectivity index (χ4v) is 1.42. The maximum atomic E-state index is 11.2. The van der Waals surface area contributed by atoms with Crippen molar-refractivity contribution in [2.45, 2.75) is 13.0 Å². The lowest BCUT2D eigenvalue weighted by Crippen LogP contribution is -2.25. The molecule has 0 saturated carbocycles. The van der Waals surface area contributed by atoms with E-state index in [1.165, 1.54) is 7.11 Å². The van der Waals surface area contributed by atoms with Gasteiger partial charge in [-0.3, -0.25) is 4.79 Å². The van der Waals surface area contributed by atoms with Crippen LogP contribution in [0.5, 0.6) is 0 Å². The lowest BCUT2D eigenvalue weighted by molar-refractivity contribution is -0.122. The fourth-order valence-electron chi connectivity index (χ4n) is 1.42. The third-order valence-corrected chi connectivity index (χ3v) is 2.38. The average Bonchev–Trinajstić information content (AvgIpc) is 2.86. The van der Waals surface area contributed by atoms with E-state index in [1.54, 1.807) is 12.1 Å². The Kier molecular flexibility index (Phi) is 6.04. The minimum absolute atomic E-state index is 0.0874. The van der Waals surface area contributed by atoms with Gasteiger partial charge in [0.15, 0.2) is 0 Å². The number of nitrogens with two attached hydrogens (primary N) is 1. The molecule has 0 radical (unpaired) electrons. The Hall–Kier alpha value is -1.86. The molecule has 0 aromatic carbocycles. The van der Waals surface area contributed by atoms with E-state index in [2.05, 4.69) is 10.1 Å². The van der Waals surface area contributed by atoms with E-state index in [-0.39, 0.29) is 18.4 Å². The van der Waals surface area contributed by atoms with Gasteiger partial charge in [0, 0.05) is 6.54 Å². The summed E-state index contributed by atoms with van der Waals surface area (Å²) < 4.78 is 14.9. The molecule has 19 heavy (non-hydrogen) atoms. The summed E-state index contributed by atoms with van der Waals surface area (Å²) in [4.78, 5) is 21.6. The Morgan fingerprint density at radius 3 is 2.84 bits per heavy atom. The van der Waals surface area contributed by atoms with Crippen molar-refractivity contribution in [1.82, 2.24) is 5.32 Å². The van der Waals surface area contributed by atoms with E-state index >= 15 is 0 Å². The Morgan fingerprint density at radius 1 is 1.47 bits per heavy atom. The summed E-state index contributed by atoms with van der Waals surface area (Å²) in [6, 6.07) is 3.17. The normalized spacial score (nSPS) is 12.1. The molecular weight excluding hydrogens is 252 g/mol. The van der Waals surface area contributed by atoms with Crippen LogP contribution in [0, 0.1) is 0 Å². The minimum Gasteiger partial charge on any atom is -0.463 e. The van der Waals surface area contributed by atoms with Crippen molar-refractivity contribution >= 4 is 11.9 Å². The molecule has 0 saturated heterocycles. The maximum absolute atomic E-state index is 11.2. The highest BCUT2D eigenvalue weighted by Crippen LogP contribution is 2.16. The number of carbonyl (C=O) groups excluding carboxylic acids is 2. The number of nitrogens with one attached hydrogen (secondary N) is 1. The maximum Gasteiger partial charge on any atom is 0.373 e. The first-order chi connectivity index (χ1) is 9.04. The number of methoxy groups -OCH3 is 1. The summed E-state index contributed by atoms with van der Waals surface area (Å²) in [7, 11) is 1.29. The second-order valence-corrected chi connectivity index (χ2v) is 3.89. The molecule has 7 heteroatoms. The van der Waals surface area contributed by atoms with Gasteiger partial charge in [-0.1, -0.05) is 0 Å². The Morgan fingerprint density at radius 2 is 2.21 bits per heavy atom. The van der Waals surface area contributed by atoms with Gasteiger partial charge in [-0.15, -0.1) is 0 Å². The molecule has 1 amide bonds. The monoisotopic (exact) mass is 270 g/mol. The van der Waals surface area contributed by atoms with E-state index in [4.69, 9.17) is 14.9 Å². The van der Waals surface area contributed by atoms with Crippen LogP contribution in [0.25, 0.3) is 0 Å². The number of hydrogen-bond acceptors (Lipinski definition) is 6. The first-order valence-electron chi connectivity index (χ1n) is 5.82. The van der Waals surface area contributed by atoms with Gasteiger partial charge in [0.2, 0.25) is 11.7 Å². The van der Waals surface area contributed by atoms with Gasteiger partial charge in [0.05, 0.1) is 19.8 Å². The molecule has 1 unspecified atom stereocenters. The summed E-state index contributed by atoms with van der Waals surface area (Å²) >= 11 is 0. The third-order valence-electron chi connectivity index (χ3n) is 2.38. The van der Waals surface area contributed by atoms with Gasteiger partial charge in [0.1, 0.15) is 12.4 Å². The van der Waals surface area contributed by atoms with Crippen molar-refractivity contribution in [3.63, 3.8) is 0 Å². The van der Waals surface area contributed by atoms with E-state index < -0.39 is 11.9 Å². The molecule has 0 aliphatic carbocycles. The zero-order chi connectivity index (χ0) is 14.3. The van der Waals surface area contributed by atoms with Gasteiger partial charge in [-0.2, -0.15) is 0 Å². The average molecular weight is 270 g/mol. The van der Waals surface area contributed by atoms with Gasteiger partial charge in [-0.05, 0) is 19.1 Å². The minimum atomic E-state index is -0.511. The van der Waals surface area contributed by atoms with Gasteiger partial charge >= 0.3 is 5.97 Å². The summed E-state index contributed by atoms with van der Waals surface area (Å²) in [6.07, 6.45) is 0. The van der Waals surface area contributed by atoms with Crippen LogP contribution in [0.15, 0.2) is 16.5 Å². The van der Waals surface area contributed by atoms with E-state index in [1.807, 2.05) is 6.92 Å². The molecule has 1 heterocycles. The van der Waals surface area contributed by atoms with E-state index in [9.17, 15) is 9.59 Å². The molecule has 106 valence electrons. The van der Waals surface area contributed by atoms with Gasteiger partial charge in [0.25, 0.3) is 0 Å². The standard InChI is InChI=1S/C12H18N2O5/c1-8(14-5-6-18-7-11(13)15)9-3-4-10(19-9)12(16)17-2/h3-4,8,14H,5-7H2,1-2H3,(H2,13,15). The van der Waals surface area contributed by atoms with Gasteiger partial charge < -0.3 is 24.9 Å². The van der Waals surface area contributed by atoms with Crippen LogP contribution in [0.2, 0.25) is 0 Å². The number of hydrogen-bond donors (Lipinski definition) is 2. The molecule has 1 aromatic rings. The van der Waals surface area contributed by atoms with Crippen LogP contribution in [0.4, 0.5) is 0 Å². The highest BCUT2D eigenvalue weighted by Gasteiger charge is 2.14. The second-order valence-electron chi connectivity index (χ2n) is 3.89. The molecule has 3 N–H and O–H groups in total. The zero-order valence-corrected chi connectivity index (χ0v) is 11.0. The molecule has 0 fully saturated rings. The number of esters is 1. The van der Waals surface area contributed by atoms with Crippen molar-refractivity contribution in [2.24, 2.45) is 5.73 Å². The summed E-state index contributed by atoms with van der Waals surface area (Å²) in [5, 5.41) is 3.12. The third kappa shape index (κ3) is 5.11. The summed E-state index contributed by atoms with van der Waals surface area (Å²) in [6.45, 7) is 2.68. The molecule has 0 bridgehead atoms. The highest BCUT2D eigenvalue weighted by atomic mass is 16.5. The molecule has 1 rings (SSSR count). The van der Waals surface area contributed by atoms with Crippen LogP contribution in [-0.4, -0.2) is 38.7 Å². The molecule has 1 aromatic heterocycles. The zero-order valence-electron chi connectivity index (χ0n) is 11.0. The molecule has 0 spiro atoms. The SMILES string of the molecule is COC(=O)c1ccc(C(C)NCCOCC(N)=O)o1. The van der Waals surface area contributed by atoms with Crippen LogP contribution >= 0.6 is 0 Å². The lowest BCUT2D eigenvalue weighted by atomic mass is 10.2. The number of amides is 1. The fraction of sp³-hybridized carbons (Fsp3) is 0.500. The van der Waals surface area contributed by atoms with Crippen molar-refractivity contribution in [3.05, 3.63) is 23.7 Å². The lowest BCUT2D eigenvalue weighted by Gasteiger charge is -2.11. The predicted molar refractivity (Wildman–Crippen MR) is 66.5 cm³/mol. The van der Waals surface area contributed by atoms with Crippen molar-refractivity contribution < 1.29 is 23.5 Å². The number of ether oxygens (including phenoxy) is 2. The second kappa shape index (κ2) is 7.55. The van der Waals surface area contributed by atoms with E-state index in [0.717, 1.165) is 0 Å². The van der Waals surface area contributed by atoms with Crippen molar-refractivity contribution in [3.8, 4) is 0 Å². The van der Waals surface area contributed by atoms with Crippen LogP contribution < -0.4 is 11.1 Å². The number of carbonyl (C=O) groups is 2. The Labute approximate surface area is 111 Å². The molecule has 0 aliphatic heterocycles. The van der Waals surface area contributed by atoms with E-state index in [0.29, 0.717) is 18.9 Å². The molecule has 0 aliphatic rings. The van der Waals surface area contributed by atoms with Crippen molar-refractivity contribution in [1.29, 1.82) is 0 Å². The highest BCUT2D eigenvalue weighted by molar-refractivity contribution is 5.86. The summed E-state index contributed by atoms with van der Waals surface area (Å²) in [5.74, 6) is -0.225. The Balaban J connectivity index is 2.33. The molecular formula is C12H18N2O5. The first-order valence-corrected chi connectivity index (χ1v) is 5.82. The predicted octanol–water partition coefficient (Wildman–Crippen LogP) is 0.219. The number of primary amides is 1. The van der Waals surface area contributed by atoms with Gasteiger partial charge in [-0.25, -0.2) is 4.79 Å². The van der Waals surface area contributed by atoms with Crippen LogP contribution in [-0.2, 0) is 14.3 Å². The first kappa shape index (κ1) is 15.2. The van der Waals surface area contributed by atoms with Crippen LogP contribution in [0.1, 0.15) is 29.3 Å². The number of furan rings is 1.